The second kappa shape index (κ2) is 5.85. The molecule has 3 aliphatic carbocycles. The Morgan fingerprint density at radius 3 is 2.52 bits per heavy atom. The number of fused-ring (bicyclic) bond motifs is 2. The average Bonchev–Trinajstić information content (AvgIpc) is 3.07. The minimum atomic E-state index is -0.737. The first-order valence-electron chi connectivity index (χ1n) is 8.41. The monoisotopic (exact) mass is 294 g/mol. The van der Waals surface area contributed by atoms with E-state index in [2.05, 4.69) is 12.2 Å². The van der Waals surface area contributed by atoms with Crippen LogP contribution in [0.4, 0.5) is 4.79 Å². The highest BCUT2D eigenvalue weighted by Gasteiger charge is 2.52. The lowest BCUT2D eigenvalue weighted by Crippen LogP contribution is -2.52. The summed E-state index contributed by atoms with van der Waals surface area (Å²) in [6.45, 7) is 2.92. The van der Waals surface area contributed by atoms with Gasteiger partial charge < -0.3 is 15.3 Å². The molecule has 0 radical (unpaired) electrons. The molecule has 0 heterocycles. The van der Waals surface area contributed by atoms with Gasteiger partial charge in [-0.1, -0.05) is 13.3 Å². The smallest absolute Gasteiger partial charge is 0.317 e. The number of hydrogen-bond donors (Lipinski definition) is 2. The summed E-state index contributed by atoms with van der Waals surface area (Å²) in [4.78, 5) is 26.0. The van der Waals surface area contributed by atoms with Crippen molar-refractivity contribution >= 4 is 12.0 Å². The average molecular weight is 294 g/mol. The standard InChI is InChI=1S/C16H26N2O3/c1-2-3-8-18(12-6-7-12)16(21)17-14-11-5-4-10(9-11)13(14)15(19)20/h10-14H,2-9H2,1H3,(H,17,21)(H,19,20). The minimum Gasteiger partial charge on any atom is -0.481 e. The Morgan fingerprint density at radius 2 is 1.90 bits per heavy atom. The van der Waals surface area contributed by atoms with Crippen molar-refractivity contribution in [3.8, 4) is 0 Å². The zero-order valence-electron chi connectivity index (χ0n) is 12.8. The van der Waals surface area contributed by atoms with Crippen LogP contribution in [-0.4, -0.2) is 40.6 Å². The van der Waals surface area contributed by atoms with Gasteiger partial charge in [0.05, 0.1) is 5.92 Å². The number of carboxylic acid groups (broad SMARTS) is 1. The number of carbonyl (C=O) groups is 2. The van der Waals surface area contributed by atoms with E-state index in [0.29, 0.717) is 12.0 Å². The highest BCUT2D eigenvalue weighted by molar-refractivity contribution is 5.78. The molecule has 0 aromatic rings. The lowest BCUT2D eigenvalue weighted by Gasteiger charge is -2.32. The molecule has 0 aromatic carbocycles. The molecule has 21 heavy (non-hydrogen) atoms. The van der Waals surface area contributed by atoms with E-state index in [1.807, 2.05) is 4.90 Å². The second-order valence-corrected chi connectivity index (χ2v) is 6.95. The third-order valence-corrected chi connectivity index (χ3v) is 5.49. The number of unbranched alkanes of at least 4 members (excludes halogenated alkanes) is 1. The lowest BCUT2D eigenvalue weighted by atomic mass is 9.84. The molecular weight excluding hydrogens is 268 g/mol. The van der Waals surface area contributed by atoms with E-state index in [4.69, 9.17) is 0 Å². The van der Waals surface area contributed by atoms with Crippen molar-refractivity contribution in [2.45, 2.75) is 64.0 Å². The van der Waals surface area contributed by atoms with E-state index in [1.165, 1.54) is 0 Å². The molecule has 4 unspecified atom stereocenters. The van der Waals surface area contributed by atoms with Gasteiger partial charge in [0, 0.05) is 18.6 Å². The molecule has 3 rings (SSSR count). The summed E-state index contributed by atoms with van der Waals surface area (Å²) < 4.78 is 0. The van der Waals surface area contributed by atoms with Gasteiger partial charge in [0.2, 0.25) is 0 Å². The van der Waals surface area contributed by atoms with Crippen LogP contribution >= 0.6 is 0 Å². The van der Waals surface area contributed by atoms with Crippen LogP contribution in [0, 0.1) is 17.8 Å². The van der Waals surface area contributed by atoms with Gasteiger partial charge in [-0.15, -0.1) is 0 Å². The third kappa shape index (κ3) is 2.87. The highest BCUT2D eigenvalue weighted by Crippen LogP contribution is 2.48. The van der Waals surface area contributed by atoms with E-state index in [0.717, 1.165) is 51.5 Å². The number of carboxylic acids is 1. The van der Waals surface area contributed by atoms with E-state index in [1.54, 1.807) is 0 Å². The predicted molar refractivity (Wildman–Crippen MR) is 78.9 cm³/mol. The Balaban J connectivity index is 1.64. The fourth-order valence-corrected chi connectivity index (χ4v) is 4.24. The zero-order valence-corrected chi connectivity index (χ0v) is 12.8. The molecule has 2 bridgehead atoms. The number of nitrogens with one attached hydrogen (secondary N) is 1. The molecule has 3 fully saturated rings. The summed E-state index contributed by atoms with van der Waals surface area (Å²) >= 11 is 0. The van der Waals surface area contributed by atoms with E-state index in [-0.39, 0.29) is 23.9 Å². The lowest BCUT2D eigenvalue weighted by molar-refractivity contribution is -0.144. The molecule has 0 spiro atoms. The van der Waals surface area contributed by atoms with Gasteiger partial charge in [-0.3, -0.25) is 4.79 Å². The number of amides is 2. The fourth-order valence-electron chi connectivity index (χ4n) is 4.24. The number of rotatable bonds is 6. The van der Waals surface area contributed by atoms with Crippen molar-refractivity contribution in [3.05, 3.63) is 0 Å². The SMILES string of the molecule is CCCCN(C(=O)NC1C2CCC(C2)C1C(=O)O)C1CC1. The van der Waals surface area contributed by atoms with Crippen molar-refractivity contribution in [1.82, 2.24) is 10.2 Å². The number of urea groups is 1. The van der Waals surface area contributed by atoms with Gasteiger partial charge in [-0.05, 0) is 50.4 Å². The largest absolute Gasteiger partial charge is 0.481 e. The molecular formula is C16H26N2O3. The Kier molecular flexibility index (Phi) is 4.09. The summed E-state index contributed by atoms with van der Waals surface area (Å²) in [5.74, 6) is -0.478. The normalized spacial score (nSPS) is 34.0. The highest BCUT2D eigenvalue weighted by atomic mass is 16.4. The van der Waals surface area contributed by atoms with E-state index >= 15 is 0 Å². The van der Waals surface area contributed by atoms with Crippen LogP contribution in [0.25, 0.3) is 0 Å². The summed E-state index contributed by atoms with van der Waals surface area (Å²) in [7, 11) is 0. The van der Waals surface area contributed by atoms with Crippen molar-refractivity contribution in [2.24, 2.45) is 17.8 Å². The van der Waals surface area contributed by atoms with Gasteiger partial charge in [0.25, 0.3) is 0 Å². The summed E-state index contributed by atoms with van der Waals surface area (Å²) in [5.41, 5.74) is 0. The van der Waals surface area contributed by atoms with Crippen LogP contribution in [0.5, 0.6) is 0 Å². The molecule has 0 aromatic heterocycles. The first-order chi connectivity index (χ1) is 10.1. The van der Waals surface area contributed by atoms with Crippen molar-refractivity contribution in [2.75, 3.05) is 6.54 Å². The fraction of sp³-hybridized carbons (Fsp3) is 0.875. The van der Waals surface area contributed by atoms with Gasteiger partial charge in [0.1, 0.15) is 0 Å². The minimum absolute atomic E-state index is 0.0326. The molecule has 0 saturated heterocycles. The topological polar surface area (TPSA) is 69.6 Å². The first kappa shape index (κ1) is 14.7. The Bertz CT molecular complexity index is 422. The molecule has 3 saturated carbocycles. The Labute approximate surface area is 126 Å². The van der Waals surface area contributed by atoms with Crippen LogP contribution in [0.2, 0.25) is 0 Å². The second-order valence-electron chi connectivity index (χ2n) is 6.95. The van der Waals surface area contributed by atoms with Gasteiger partial charge in [0.15, 0.2) is 0 Å². The number of hydrogen-bond acceptors (Lipinski definition) is 2. The molecule has 3 aliphatic rings. The Morgan fingerprint density at radius 1 is 1.19 bits per heavy atom. The molecule has 118 valence electrons. The number of carbonyl (C=O) groups excluding carboxylic acids is 1. The van der Waals surface area contributed by atoms with Crippen molar-refractivity contribution in [3.63, 3.8) is 0 Å². The zero-order chi connectivity index (χ0) is 15.0. The van der Waals surface area contributed by atoms with E-state index in [9.17, 15) is 14.7 Å². The van der Waals surface area contributed by atoms with Gasteiger partial charge in [-0.2, -0.15) is 0 Å². The Hall–Kier alpha value is -1.26. The molecule has 5 nitrogen and oxygen atoms in total. The molecule has 4 atom stereocenters. The first-order valence-corrected chi connectivity index (χ1v) is 8.41. The predicted octanol–water partition coefficient (Wildman–Crippen LogP) is 2.46. The molecule has 2 amide bonds. The van der Waals surface area contributed by atoms with Crippen molar-refractivity contribution < 1.29 is 14.7 Å². The number of nitrogens with zero attached hydrogens (tertiary/aromatic N) is 1. The van der Waals surface area contributed by atoms with Crippen LogP contribution in [-0.2, 0) is 4.79 Å². The van der Waals surface area contributed by atoms with Crippen LogP contribution < -0.4 is 5.32 Å². The maximum atomic E-state index is 12.6. The van der Waals surface area contributed by atoms with Crippen molar-refractivity contribution in [1.29, 1.82) is 0 Å². The summed E-state index contributed by atoms with van der Waals surface area (Å²) in [5, 5.41) is 12.5. The maximum Gasteiger partial charge on any atom is 0.317 e. The van der Waals surface area contributed by atoms with Crippen LogP contribution in [0.3, 0.4) is 0 Å². The van der Waals surface area contributed by atoms with E-state index < -0.39 is 5.97 Å². The quantitative estimate of drug-likeness (QED) is 0.790. The number of aliphatic carboxylic acids is 1. The van der Waals surface area contributed by atoms with Crippen LogP contribution in [0.15, 0.2) is 0 Å². The molecule has 2 N–H and O–H groups in total. The molecule has 5 heteroatoms. The van der Waals surface area contributed by atoms with Gasteiger partial charge >= 0.3 is 12.0 Å². The van der Waals surface area contributed by atoms with Gasteiger partial charge in [-0.25, -0.2) is 4.79 Å². The van der Waals surface area contributed by atoms with Crippen LogP contribution in [0.1, 0.15) is 51.9 Å². The third-order valence-electron chi connectivity index (χ3n) is 5.49. The summed E-state index contributed by atoms with van der Waals surface area (Å²) in [6, 6.07) is 0.199. The maximum absolute atomic E-state index is 12.6. The summed E-state index contributed by atoms with van der Waals surface area (Å²) in [6.07, 6.45) is 7.33. The molecule has 0 aliphatic heterocycles.